The molecule has 0 saturated carbocycles. The summed E-state index contributed by atoms with van der Waals surface area (Å²) in [7, 11) is 0. The van der Waals surface area contributed by atoms with Gasteiger partial charge >= 0.3 is 0 Å². The van der Waals surface area contributed by atoms with E-state index in [-0.39, 0.29) is 0 Å². The van der Waals surface area contributed by atoms with Crippen LogP contribution in [-0.4, -0.2) is 23.2 Å². The molecule has 0 aromatic carbocycles. The molecule has 22 heavy (non-hydrogen) atoms. The van der Waals surface area contributed by atoms with E-state index in [1.165, 1.54) is 36.1 Å². The Balaban J connectivity index is 2.14. The Bertz CT molecular complexity index is 644. The molecular weight excluding hydrogens is 274 g/mol. The SMILES string of the molecule is CCN(CC)c1cc(-c2cc(C)on2)c2c(n1)CCCCC2. The number of fused-ring (bicyclic) bond motifs is 1. The lowest BCUT2D eigenvalue weighted by molar-refractivity contribution is 0.399. The first-order valence-corrected chi connectivity index (χ1v) is 8.44. The molecule has 4 heteroatoms. The van der Waals surface area contributed by atoms with Gasteiger partial charge in [0, 0.05) is 30.4 Å². The normalized spacial score (nSPS) is 14.5. The van der Waals surface area contributed by atoms with Gasteiger partial charge < -0.3 is 9.42 Å². The second-order valence-corrected chi connectivity index (χ2v) is 6.01. The van der Waals surface area contributed by atoms with E-state index >= 15 is 0 Å². The van der Waals surface area contributed by atoms with Crippen LogP contribution in [0.1, 0.15) is 50.1 Å². The average molecular weight is 299 g/mol. The molecule has 0 radical (unpaired) electrons. The molecule has 0 aliphatic heterocycles. The number of aromatic nitrogens is 2. The number of anilines is 1. The highest BCUT2D eigenvalue weighted by Gasteiger charge is 2.19. The molecule has 2 aromatic heterocycles. The van der Waals surface area contributed by atoms with E-state index in [0.29, 0.717) is 0 Å². The molecule has 1 aliphatic carbocycles. The van der Waals surface area contributed by atoms with Crippen LogP contribution in [0.2, 0.25) is 0 Å². The fourth-order valence-corrected chi connectivity index (χ4v) is 3.30. The zero-order valence-electron chi connectivity index (χ0n) is 13.9. The first-order valence-electron chi connectivity index (χ1n) is 8.44. The predicted molar refractivity (Wildman–Crippen MR) is 89.3 cm³/mol. The highest BCUT2D eigenvalue weighted by molar-refractivity contribution is 5.69. The van der Waals surface area contributed by atoms with Crippen LogP contribution < -0.4 is 4.90 Å². The zero-order valence-corrected chi connectivity index (χ0v) is 13.9. The van der Waals surface area contributed by atoms with E-state index in [9.17, 15) is 0 Å². The van der Waals surface area contributed by atoms with Crippen molar-refractivity contribution >= 4 is 5.82 Å². The van der Waals surface area contributed by atoms with Crippen molar-refractivity contribution in [2.24, 2.45) is 0 Å². The fraction of sp³-hybridized carbons (Fsp3) is 0.556. The Morgan fingerprint density at radius 1 is 1.09 bits per heavy atom. The molecule has 0 amide bonds. The first kappa shape index (κ1) is 15.1. The molecule has 3 rings (SSSR count). The molecule has 0 saturated heterocycles. The fourth-order valence-electron chi connectivity index (χ4n) is 3.30. The van der Waals surface area contributed by atoms with Crippen LogP contribution in [0.15, 0.2) is 16.7 Å². The average Bonchev–Trinajstić information content (AvgIpc) is 2.81. The molecule has 2 heterocycles. The highest BCUT2D eigenvalue weighted by atomic mass is 16.5. The Labute approximate surface area is 132 Å². The summed E-state index contributed by atoms with van der Waals surface area (Å²) in [4.78, 5) is 7.28. The monoisotopic (exact) mass is 299 g/mol. The van der Waals surface area contributed by atoms with Crippen LogP contribution in [0.25, 0.3) is 11.3 Å². The van der Waals surface area contributed by atoms with Crippen molar-refractivity contribution in [3.63, 3.8) is 0 Å². The maximum atomic E-state index is 5.31. The smallest absolute Gasteiger partial charge is 0.134 e. The molecule has 0 fully saturated rings. The van der Waals surface area contributed by atoms with E-state index in [2.05, 4.69) is 30.0 Å². The third-order valence-corrected chi connectivity index (χ3v) is 4.53. The van der Waals surface area contributed by atoms with Crippen molar-refractivity contribution in [2.75, 3.05) is 18.0 Å². The lowest BCUT2D eigenvalue weighted by Crippen LogP contribution is -2.23. The van der Waals surface area contributed by atoms with Gasteiger partial charge in [-0.3, -0.25) is 0 Å². The second-order valence-electron chi connectivity index (χ2n) is 6.01. The van der Waals surface area contributed by atoms with Crippen LogP contribution in [-0.2, 0) is 12.8 Å². The van der Waals surface area contributed by atoms with E-state index in [0.717, 1.165) is 43.2 Å². The number of hydrogen-bond acceptors (Lipinski definition) is 4. The van der Waals surface area contributed by atoms with Gasteiger partial charge in [0.05, 0.1) is 0 Å². The van der Waals surface area contributed by atoms with E-state index < -0.39 is 0 Å². The molecule has 0 bridgehead atoms. The molecule has 0 N–H and O–H groups in total. The molecule has 4 nitrogen and oxygen atoms in total. The largest absolute Gasteiger partial charge is 0.361 e. The predicted octanol–water partition coefficient (Wildman–Crippen LogP) is 4.16. The van der Waals surface area contributed by atoms with Gasteiger partial charge in [-0.1, -0.05) is 11.6 Å². The molecule has 2 aromatic rings. The lowest BCUT2D eigenvalue weighted by Gasteiger charge is -2.22. The molecule has 0 unspecified atom stereocenters. The van der Waals surface area contributed by atoms with Crippen molar-refractivity contribution in [2.45, 2.75) is 52.9 Å². The van der Waals surface area contributed by atoms with Gasteiger partial charge in [-0.15, -0.1) is 0 Å². The van der Waals surface area contributed by atoms with Crippen molar-refractivity contribution < 1.29 is 4.52 Å². The third-order valence-electron chi connectivity index (χ3n) is 4.53. The number of aryl methyl sites for hydroxylation is 2. The summed E-state index contributed by atoms with van der Waals surface area (Å²) in [5.41, 5.74) is 4.80. The zero-order chi connectivity index (χ0) is 15.5. The summed E-state index contributed by atoms with van der Waals surface area (Å²) in [5.74, 6) is 1.93. The lowest BCUT2D eigenvalue weighted by atomic mass is 9.99. The van der Waals surface area contributed by atoms with E-state index in [1.807, 2.05) is 13.0 Å². The standard InChI is InChI=1S/C18H25N3O/c1-4-21(5-2)18-12-15(17-11-13(3)22-20-17)14-9-7-6-8-10-16(14)19-18/h11-12H,4-10H2,1-3H3. The van der Waals surface area contributed by atoms with E-state index in [4.69, 9.17) is 9.51 Å². The van der Waals surface area contributed by atoms with Gasteiger partial charge in [-0.05, 0) is 58.1 Å². The molecular formula is C18H25N3O. The Morgan fingerprint density at radius 3 is 2.55 bits per heavy atom. The molecule has 1 aliphatic rings. The van der Waals surface area contributed by atoms with Gasteiger partial charge in [-0.2, -0.15) is 0 Å². The number of hydrogen-bond donors (Lipinski definition) is 0. The van der Waals surface area contributed by atoms with Crippen LogP contribution >= 0.6 is 0 Å². The minimum Gasteiger partial charge on any atom is -0.361 e. The Hall–Kier alpha value is -1.84. The van der Waals surface area contributed by atoms with E-state index in [1.54, 1.807) is 0 Å². The third kappa shape index (κ3) is 2.87. The van der Waals surface area contributed by atoms with Crippen molar-refractivity contribution in [3.05, 3.63) is 29.2 Å². The van der Waals surface area contributed by atoms with Crippen molar-refractivity contribution in [1.82, 2.24) is 10.1 Å². The maximum Gasteiger partial charge on any atom is 0.134 e. The summed E-state index contributed by atoms with van der Waals surface area (Å²) in [6.45, 7) is 8.24. The van der Waals surface area contributed by atoms with Gasteiger partial charge in [0.25, 0.3) is 0 Å². The first-order chi connectivity index (χ1) is 10.7. The van der Waals surface area contributed by atoms with Crippen molar-refractivity contribution in [1.29, 1.82) is 0 Å². The minimum absolute atomic E-state index is 0.860. The highest BCUT2D eigenvalue weighted by Crippen LogP contribution is 2.33. The summed E-state index contributed by atoms with van der Waals surface area (Å²) in [6, 6.07) is 4.24. The second kappa shape index (κ2) is 6.51. The quantitative estimate of drug-likeness (QED) is 0.795. The molecule has 118 valence electrons. The number of pyridine rings is 1. The summed E-state index contributed by atoms with van der Waals surface area (Å²) in [5, 5.41) is 4.26. The van der Waals surface area contributed by atoms with Crippen LogP contribution in [0.5, 0.6) is 0 Å². The number of nitrogens with zero attached hydrogens (tertiary/aromatic N) is 3. The maximum absolute atomic E-state index is 5.31. The Kier molecular flexibility index (Phi) is 4.46. The molecule has 0 spiro atoms. The number of rotatable bonds is 4. The Morgan fingerprint density at radius 2 is 1.86 bits per heavy atom. The topological polar surface area (TPSA) is 42.2 Å². The summed E-state index contributed by atoms with van der Waals surface area (Å²) < 4.78 is 5.31. The summed E-state index contributed by atoms with van der Waals surface area (Å²) >= 11 is 0. The molecule has 0 atom stereocenters. The van der Waals surface area contributed by atoms with Gasteiger partial charge in [0.15, 0.2) is 0 Å². The van der Waals surface area contributed by atoms with Crippen LogP contribution in [0, 0.1) is 6.92 Å². The van der Waals surface area contributed by atoms with Gasteiger partial charge in [-0.25, -0.2) is 4.98 Å². The van der Waals surface area contributed by atoms with Gasteiger partial charge in [0.1, 0.15) is 17.3 Å². The van der Waals surface area contributed by atoms with Crippen molar-refractivity contribution in [3.8, 4) is 11.3 Å². The van der Waals surface area contributed by atoms with Crippen LogP contribution in [0.4, 0.5) is 5.82 Å². The summed E-state index contributed by atoms with van der Waals surface area (Å²) in [6.07, 6.45) is 5.94. The minimum atomic E-state index is 0.860. The van der Waals surface area contributed by atoms with Gasteiger partial charge in [0.2, 0.25) is 0 Å². The van der Waals surface area contributed by atoms with Crippen LogP contribution in [0.3, 0.4) is 0 Å².